The molecule has 3 nitrogen and oxygen atoms in total. The monoisotopic (exact) mass is 239 g/mol. The summed E-state index contributed by atoms with van der Waals surface area (Å²) in [5.74, 6) is 0. The molecule has 0 aromatic heterocycles. The molecular formula is C14H29N3. The van der Waals surface area contributed by atoms with Gasteiger partial charge in [-0.05, 0) is 25.8 Å². The number of hydrogen-bond acceptors (Lipinski definition) is 3. The second kappa shape index (κ2) is 6.72. The number of piperazine rings is 1. The molecule has 2 heterocycles. The summed E-state index contributed by atoms with van der Waals surface area (Å²) >= 11 is 0. The Labute approximate surface area is 106 Å². The van der Waals surface area contributed by atoms with Crippen LogP contribution in [0.5, 0.6) is 0 Å². The van der Waals surface area contributed by atoms with Crippen LogP contribution in [0, 0.1) is 0 Å². The quantitative estimate of drug-likeness (QED) is 0.716. The van der Waals surface area contributed by atoms with Crippen LogP contribution in [0.2, 0.25) is 0 Å². The zero-order valence-electron chi connectivity index (χ0n) is 11.4. The van der Waals surface area contributed by atoms with Crippen LogP contribution in [-0.4, -0.2) is 54.6 Å². The molecule has 0 aromatic carbocycles. The van der Waals surface area contributed by atoms with E-state index in [-0.39, 0.29) is 0 Å². The molecule has 0 aliphatic carbocycles. The lowest BCUT2D eigenvalue weighted by Gasteiger charge is -2.41. The maximum Gasteiger partial charge on any atom is 0.0224 e. The van der Waals surface area contributed by atoms with Crippen molar-refractivity contribution in [1.29, 1.82) is 0 Å². The Balaban J connectivity index is 1.78. The van der Waals surface area contributed by atoms with Gasteiger partial charge in [0.05, 0.1) is 0 Å². The van der Waals surface area contributed by atoms with Gasteiger partial charge in [0.1, 0.15) is 0 Å². The highest BCUT2D eigenvalue weighted by atomic mass is 15.3. The van der Waals surface area contributed by atoms with Gasteiger partial charge in [0.15, 0.2) is 0 Å². The van der Waals surface area contributed by atoms with Crippen LogP contribution in [0.4, 0.5) is 0 Å². The molecule has 2 N–H and O–H groups in total. The van der Waals surface area contributed by atoms with E-state index in [0.29, 0.717) is 6.04 Å². The molecule has 0 bridgehead atoms. The average Bonchev–Trinajstić information content (AvgIpc) is 2.82. The molecule has 2 unspecified atom stereocenters. The second-order valence-electron chi connectivity index (χ2n) is 5.71. The van der Waals surface area contributed by atoms with Gasteiger partial charge < -0.3 is 5.73 Å². The summed E-state index contributed by atoms with van der Waals surface area (Å²) < 4.78 is 0. The number of nitrogens with zero attached hydrogens (tertiary/aromatic N) is 2. The number of hydrogen-bond donors (Lipinski definition) is 1. The van der Waals surface area contributed by atoms with E-state index in [1.165, 1.54) is 64.7 Å². The van der Waals surface area contributed by atoms with Crippen LogP contribution in [0.1, 0.15) is 45.4 Å². The molecule has 2 saturated heterocycles. The Hall–Kier alpha value is -0.120. The number of unbranched alkanes of at least 4 members (excludes halogenated alkanes) is 2. The van der Waals surface area contributed by atoms with Gasteiger partial charge in [-0.3, -0.25) is 9.80 Å². The summed E-state index contributed by atoms with van der Waals surface area (Å²) in [6.07, 6.45) is 8.14. The Morgan fingerprint density at radius 3 is 2.88 bits per heavy atom. The second-order valence-corrected chi connectivity index (χ2v) is 5.71. The van der Waals surface area contributed by atoms with Crippen molar-refractivity contribution in [2.75, 3.05) is 32.7 Å². The first-order valence-corrected chi connectivity index (χ1v) is 7.53. The fourth-order valence-electron chi connectivity index (χ4n) is 3.43. The van der Waals surface area contributed by atoms with Crippen LogP contribution in [-0.2, 0) is 0 Å². The molecule has 2 atom stereocenters. The maximum atomic E-state index is 5.97. The van der Waals surface area contributed by atoms with E-state index >= 15 is 0 Å². The highest BCUT2D eigenvalue weighted by molar-refractivity contribution is 4.89. The predicted octanol–water partition coefficient (Wildman–Crippen LogP) is 1.67. The molecule has 3 heteroatoms. The highest BCUT2D eigenvalue weighted by Crippen LogP contribution is 2.23. The van der Waals surface area contributed by atoms with Crippen molar-refractivity contribution in [2.45, 2.75) is 57.5 Å². The molecule has 2 rings (SSSR count). The third-order valence-electron chi connectivity index (χ3n) is 4.55. The van der Waals surface area contributed by atoms with Crippen molar-refractivity contribution < 1.29 is 0 Å². The van der Waals surface area contributed by atoms with Crippen molar-refractivity contribution in [3.63, 3.8) is 0 Å². The Kier molecular flexibility index (Phi) is 5.26. The van der Waals surface area contributed by atoms with Crippen LogP contribution in [0.25, 0.3) is 0 Å². The standard InChI is InChI=1S/C14H29N3/c1-2-3-4-6-13(11-15)17-10-9-16-8-5-7-14(16)12-17/h13-14H,2-12,15H2,1H3. The molecule has 100 valence electrons. The van der Waals surface area contributed by atoms with Gasteiger partial charge in [-0.15, -0.1) is 0 Å². The molecule has 2 aliphatic heterocycles. The Bertz CT molecular complexity index is 220. The zero-order chi connectivity index (χ0) is 12.1. The molecule has 2 aliphatic rings. The lowest BCUT2D eigenvalue weighted by molar-refractivity contribution is 0.0700. The van der Waals surface area contributed by atoms with Gasteiger partial charge in [0, 0.05) is 38.3 Å². The number of fused-ring (bicyclic) bond motifs is 1. The van der Waals surface area contributed by atoms with E-state index < -0.39 is 0 Å². The molecule has 0 aromatic rings. The molecule has 0 radical (unpaired) electrons. The third kappa shape index (κ3) is 3.43. The minimum Gasteiger partial charge on any atom is -0.329 e. The van der Waals surface area contributed by atoms with E-state index in [0.717, 1.165) is 12.6 Å². The summed E-state index contributed by atoms with van der Waals surface area (Å²) in [7, 11) is 0. The summed E-state index contributed by atoms with van der Waals surface area (Å²) in [5, 5.41) is 0. The molecule has 2 fully saturated rings. The normalized spacial score (nSPS) is 28.2. The Morgan fingerprint density at radius 1 is 1.24 bits per heavy atom. The summed E-state index contributed by atoms with van der Waals surface area (Å²) in [6, 6.07) is 1.48. The summed E-state index contributed by atoms with van der Waals surface area (Å²) in [4.78, 5) is 5.35. The van der Waals surface area contributed by atoms with Crippen molar-refractivity contribution in [3.05, 3.63) is 0 Å². The average molecular weight is 239 g/mol. The molecular weight excluding hydrogens is 210 g/mol. The van der Waals surface area contributed by atoms with E-state index in [9.17, 15) is 0 Å². The van der Waals surface area contributed by atoms with Gasteiger partial charge >= 0.3 is 0 Å². The lowest BCUT2D eigenvalue weighted by Crippen LogP contribution is -2.55. The highest BCUT2D eigenvalue weighted by Gasteiger charge is 2.32. The van der Waals surface area contributed by atoms with Gasteiger partial charge in [-0.1, -0.05) is 26.2 Å². The third-order valence-corrected chi connectivity index (χ3v) is 4.55. The molecule has 0 spiro atoms. The Morgan fingerprint density at radius 2 is 2.12 bits per heavy atom. The first-order chi connectivity index (χ1) is 8.35. The van der Waals surface area contributed by atoms with E-state index in [1.807, 2.05) is 0 Å². The van der Waals surface area contributed by atoms with E-state index in [2.05, 4.69) is 16.7 Å². The van der Waals surface area contributed by atoms with Gasteiger partial charge in [0.2, 0.25) is 0 Å². The fraction of sp³-hybridized carbons (Fsp3) is 1.00. The van der Waals surface area contributed by atoms with E-state index in [1.54, 1.807) is 0 Å². The van der Waals surface area contributed by atoms with Crippen molar-refractivity contribution in [1.82, 2.24) is 9.80 Å². The van der Waals surface area contributed by atoms with Crippen molar-refractivity contribution in [2.24, 2.45) is 5.73 Å². The lowest BCUT2D eigenvalue weighted by atomic mass is 10.0. The smallest absolute Gasteiger partial charge is 0.0224 e. The summed E-state index contributed by atoms with van der Waals surface area (Å²) in [6.45, 7) is 8.24. The van der Waals surface area contributed by atoms with Crippen LogP contribution < -0.4 is 5.73 Å². The SMILES string of the molecule is CCCCCC(CN)N1CCN2CCCC2C1. The topological polar surface area (TPSA) is 32.5 Å². The summed E-state index contributed by atoms with van der Waals surface area (Å²) in [5.41, 5.74) is 5.97. The predicted molar refractivity (Wildman–Crippen MR) is 73.2 cm³/mol. The van der Waals surface area contributed by atoms with Crippen molar-refractivity contribution in [3.8, 4) is 0 Å². The van der Waals surface area contributed by atoms with Gasteiger partial charge in [-0.2, -0.15) is 0 Å². The first kappa shape index (κ1) is 13.3. The minimum atomic E-state index is 0.643. The molecule has 0 saturated carbocycles. The van der Waals surface area contributed by atoms with Gasteiger partial charge in [0.25, 0.3) is 0 Å². The van der Waals surface area contributed by atoms with Crippen LogP contribution in [0.3, 0.4) is 0 Å². The largest absolute Gasteiger partial charge is 0.329 e. The zero-order valence-corrected chi connectivity index (χ0v) is 11.4. The molecule has 0 amide bonds. The minimum absolute atomic E-state index is 0.643. The van der Waals surface area contributed by atoms with Gasteiger partial charge in [-0.25, -0.2) is 0 Å². The number of rotatable bonds is 6. The van der Waals surface area contributed by atoms with Crippen molar-refractivity contribution >= 4 is 0 Å². The maximum absolute atomic E-state index is 5.97. The fourth-order valence-corrected chi connectivity index (χ4v) is 3.43. The van der Waals surface area contributed by atoms with Crippen LogP contribution in [0.15, 0.2) is 0 Å². The van der Waals surface area contributed by atoms with Crippen LogP contribution >= 0.6 is 0 Å². The number of nitrogens with two attached hydrogens (primary N) is 1. The first-order valence-electron chi connectivity index (χ1n) is 7.53. The van der Waals surface area contributed by atoms with E-state index in [4.69, 9.17) is 5.73 Å². The molecule has 17 heavy (non-hydrogen) atoms.